The molecule has 0 atom stereocenters. The average molecular weight is 260 g/mol. The molecule has 0 aliphatic carbocycles. The molecule has 1 aromatic carbocycles. The summed E-state index contributed by atoms with van der Waals surface area (Å²) in [4.78, 5) is 8.11. The monoisotopic (exact) mass is 258 g/mol. The molecule has 0 saturated heterocycles. The predicted octanol–water partition coefficient (Wildman–Crippen LogP) is 4.10. The van der Waals surface area contributed by atoms with Crippen LogP contribution < -0.4 is 0 Å². The number of nitrogens with zero attached hydrogens (tertiary/aromatic N) is 2. The highest BCUT2D eigenvalue weighted by Crippen LogP contribution is 2.22. The average Bonchev–Trinajstić information content (AvgIpc) is 2.16. The van der Waals surface area contributed by atoms with Crippen LogP contribution in [0.3, 0.4) is 0 Å². The van der Waals surface area contributed by atoms with E-state index in [1.54, 1.807) is 12.1 Å². The summed E-state index contributed by atoms with van der Waals surface area (Å²) in [6.07, 6.45) is 0. The standard InChI is InChI=1S/C10H5Cl3N2/c11-7-3-1-2-6(4-7)10-14-8(12)5-9(13)15-10/h1-5H. The molecule has 0 bridgehead atoms. The zero-order valence-corrected chi connectivity index (χ0v) is 9.68. The first-order valence-corrected chi connectivity index (χ1v) is 5.24. The lowest BCUT2D eigenvalue weighted by molar-refractivity contribution is 1.18. The van der Waals surface area contributed by atoms with Crippen molar-refractivity contribution in [2.45, 2.75) is 0 Å². The molecule has 0 aliphatic rings. The van der Waals surface area contributed by atoms with Crippen LogP contribution in [-0.2, 0) is 0 Å². The van der Waals surface area contributed by atoms with Crippen molar-refractivity contribution < 1.29 is 0 Å². The van der Waals surface area contributed by atoms with Gasteiger partial charge in [-0.2, -0.15) is 0 Å². The van der Waals surface area contributed by atoms with Crippen LogP contribution >= 0.6 is 34.8 Å². The van der Waals surface area contributed by atoms with Gasteiger partial charge in [-0.3, -0.25) is 0 Å². The van der Waals surface area contributed by atoms with Crippen molar-refractivity contribution >= 4 is 34.8 Å². The van der Waals surface area contributed by atoms with Gasteiger partial charge in [-0.25, -0.2) is 9.97 Å². The van der Waals surface area contributed by atoms with E-state index in [0.717, 1.165) is 5.56 Å². The van der Waals surface area contributed by atoms with E-state index >= 15 is 0 Å². The maximum Gasteiger partial charge on any atom is 0.162 e. The third-order valence-electron chi connectivity index (χ3n) is 1.75. The van der Waals surface area contributed by atoms with Gasteiger partial charge in [0.1, 0.15) is 10.3 Å². The topological polar surface area (TPSA) is 25.8 Å². The highest BCUT2D eigenvalue weighted by atomic mass is 35.5. The van der Waals surface area contributed by atoms with Crippen LogP contribution in [0.5, 0.6) is 0 Å². The fourth-order valence-corrected chi connectivity index (χ4v) is 1.76. The van der Waals surface area contributed by atoms with E-state index in [4.69, 9.17) is 34.8 Å². The van der Waals surface area contributed by atoms with Crippen molar-refractivity contribution in [3.63, 3.8) is 0 Å². The molecule has 0 radical (unpaired) electrons. The Morgan fingerprint density at radius 1 is 0.867 bits per heavy atom. The molecule has 5 heteroatoms. The minimum atomic E-state index is 0.310. The highest BCUT2D eigenvalue weighted by Gasteiger charge is 2.04. The minimum absolute atomic E-state index is 0.310. The van der Waals surface area contributed by atoms with E-state index in [1.807, 2.05) is 12.1 Å². The van der Waals surface area contributed by atoms with Gasteiger partial charge < -0.3 is 0 Å². The predicted molar refractivity (Wildman–Crippen MR) is 62.5 cm³/mol. The Bertz CT molecular complexity index is 480. The molecule has 0 fully saturated rings. The number of halogens is 3. The highest BCUT2D eigenvalue weighted by molar-refractivity contribution is 6.33. The second-order valence-electron chi connectivity index (χ2n) is 2.85. The molecule has 0 amide bonds. The Morgan fingerprint density at radius 2 is 1.53 bits per heavy atom. The van der Waals surface area contributed by atoms with Gasteiger partial charge in [0.15, 0.2) is 5.82 Å². The van der Waals surface area contributed by atoms with E-state index in [0.29, 0.717) is 21.2 Å². The molecule has 0 unspecified atom stereocenters. The molecule has 15 heavy (non-hydrogen) atoms. The number of hydrogen-bond acceptors (Lipinski definition) is 2. The quantitative estimate of drug-likeness (QED) is 0.721. The molecule has 2 aromatic rings. The first-order valence-electron chi connectivity index (χ1n) is 4.11. The summed E-state index contributed by atoms with van der Waals surface area (Å²) in [5, 5.41) is 1.24. The number of benzene rings is 1. The summed E-state index contributed by atoms with van der Waals surface area (Å²) < 4.78 is 0. The second kappa shape index (κ2) is 4.35. The molecule has 2 nitrogen and oxygen atoms in total. The Morgan fingerprint density at radius 3 is 2.13 bits per heavy atom. The first-order chi connectivity index (χ1) is 7.15. The molecular formula is C10H5Cl3N2. The largest absolute Gasteiger partial charge is 0.216 e. The molecule has 0 aliphatic heterocycles. The van der Waals surface area contributed by atoms with Gasteiger partial charge in [0, 0.05) is 16.7 Å². The van der Waals surface area contributed by atoms with E-state index in [9.17, 15) is 0 Å². The zero-order valence-electron chi connectivity index (χ0n) is 7.42. The fourth-order valence-electron chi connectivity index (χ4n) is 1.15. The Kier molecular flexibility index (Phi) is 3.10. The van der Waals surface area contributed by atoms with Crippen molar-refractivity contribution in [2.75, 3.05) is 0 Å². The maximum atomic E-state index is 5.85. The SMILES string of the molecule is Clc1cccc(-c2nc(Cl)cc(Cl)n2)c1. The Labute approximate surface area is 102 Å². The lowest BCUT2D eigenvalue weighted by Crippen LogP contribution is -1.89. The molecular weight excluding hydrogens is 254 g/mol. The number of rotatable bonds is 1. The summed E-state index contributed by atoms with van der Waals surface area (Å²) >= 11 is 17.4. The molecule has 1 heterocycles. The molecule has 2 rings (SSSR count). The van der Waals surface area contributed by atoms with Gasteiger partial charge in [-0.05, 0) is 12.1 Å². The van der Waals surface area contributed by atoms with E-state index in [1.165, 1.54) is 6.07 Å². The molecule has 0 saturated carbocycles. The summed E-state index contributed by atoms with van der Waals surface area (Å²) in [6, 6.07) is 8.67. The van der Waals surface area contributed by atoms with Crippen molar-refractivity contribution in [1.82, 2.24) is 9.97 Å². The zero-order chi connectivity index (χ0) is 10.8. The normalized spacial score (nSPS) is 10.3. The first kappa shape index (κ1) is 10.7. The number of aromatic nitrogens is 2. The van der Waals surface area contributed by atoms with Crippen molar-refractivity contribution in [3.05, 3.63) is 45.7 Å². The fraction of sp³-hybridized carbons (Fsp3) is 0. The lowest BCUT2D eigenvalue weighted by atomic mass is 10.2. The summed E-state index contributed by atoms with van der Waals surface area (Å²) in [6.45, 7) is 0. The van der Waals surface area contributed by atoms with E-state index < -0.39 is 0 Å². The van der Waals surface area contributed by atoms with Gasteiger partial charge in [0.2, 0.25) is 0 Å². The van der Waals surface area contributed by atoms with Crippen molar-refractivity contribution in [2.24, 2.45) is 0 Å². The van der Waals surface area contributed by atoms with Crippen LogP contribution in [0.1, 0.15) is 0 Å². The van der Waals surface area contributed by atoms with Gasteiger partial charge >= 0.3 is 0 Å². The van der Waals surface area contributed by atoms with Gasteiger partial charge in [-0.15, -0.1) is 0 Å². The summed E-state index contributed by atoms with van der Waals surface area (Å²) in [5.74, 6) is 0.468. The Balaban J connectivity index is 2.54. The van der Waals surface area contributed by atoms with Gasteiger partial charge in [0.05, 0.1) is 0 Å². The van der Waals surface area contributed by atoms with Crippen LogP contribution in [0.2, 0.25) is 15.3 Å². The van der Waals surface area contributed by atoms with Gasteiger partial charge in [0.25, 0.3) is 0 Å². The smallest absolute Gasteiger partial charge is 0.162 e. The number of hydrogen-bond donors (Lipinski definition) is 0. The summed E-state index contributed by atoms with van der Waals surface area (Å²) in [7, 11) is 0. The second-order valence-corrected chi connectivity index (χ2v) is 4.06. The van der Waals surface area contributed by atoms with E-state index in [-0.39, 0.29) is 0 Å². The van der Waals surface area contributed by atoms with Crippen molar-refractivity contribution in [1.29, 1.82) is 0 Å². The van der Waals surface area contributed by atoms with Gasteiger partial charge in [-0.1, -0.05) is 46.9 Å². The summed E-state index contributed by atoms with van der Waals surface area (Å²) in [5.41, 5.74) is 0.784. The molecule has 1 aromatic heterocycles. The van der Waals surface area contributed by atoms with Crippen LogP contribution in [0.15, 0.2) is 30.3 Å². The van der Waals surface area contributed by atoms with Crippen LogP contribution in [0.25, 0.3) is 11.4 Å². The molecule has 0 N–H and O–H groups in total. The minimum Gasteiger partial charge on any atom is -0.216 e. The third kappa shape index (κ3) is 2.59. The Hall–Kier alpha value is -0.830. The maximum absolute atomic E-state index is 5.85. The lowest BCUT2D eigenvalue weighted by Gasteiger charge is -2.01. The molecule has 0 spiro atoms. The van der Waals surface area contributed by atoms with Crippen LogP contribution in [0, 0.1) is 0 Å². The van der Waals surface area contributed by atoms with E-state index in [2.05, 4.69) is 9.97 Å². The van der Waals surface area contributed by atoms with Crippen LogP contribution in [0.4, 0.5) is 0 Å². The van der Waals surface area contributed by atoms with Crippen molar-refractivity contribution in [3.8, 4) is 11.4 Å². The molecule has 76 valence electrons. The third-order valence-corrected chi connectivity index (χ3v) is 2.37. The van der Waals surface area contributed by atoms with Crippen LogP contribution in [-0.4, -0.2) is 9.97 Å².